The van der Waals surface area contributed by atoms with Crippen LogP contribution in [-0.4, -0.2) is 31.7 Å². The van der Waals surface area contributed by atoms with Crippen molar-refractivity contribution in [2.75, 3.05) is 20.8 Å². The fourth-order valence-corrected chi connectivity index (χ4v) is 3.47. The zero-order chi connectivity index (χ0) is 21.7. The van der Waals surface area contributed by atoms with Crippen LogP contribution in [0.3, 0.4) is 0 Å². The number of ether oxygens (including phenoxy) is 2. The van der Waals surface area contributed by atoms with Gasteiger partial charge in [0.05, 0.1) is 32.7 Å². The summed E-state index contributed by atoms with van der Waals surface area (Å²) in [5.41, 5.74) is 2.80. The minimum Gasteiger partial charge on any atom is -0.497 e. The predicted molar refractivity (Wildman–Crippen MR) is 115 cm³/mol. The summed E-state index contributed by atoms with van der Waals surface area (Å²) in [7, 11) is 3.17. The van der Waals surface area contributed by atoms with Gasteiger partial charge in [-0.05, 0) is 42.8 Å². The van der Waals surface area contributed by atoms with Gasteiger partial charge in [0, 0.05) is 10.9 Å². The second kappa shape index (κ2) is 9.49. The maximum atomic E-state index is 13.6. The molecule has 0 amide bonds. The fraction of sp³-hybridized carbons (Fsp3) is 0.182. The van der Waals surface area contributed by atoms with Crippen LogP contribution in [0.5, 0.6) is 11.5 Å². The Hall–Kier alpha value is -3.26. The average Bonchev–Trinajstić information content (AvgIpc) is 3.15. The van der Waals surface area contributed by atoms with Gasteiger partial charge in [0.2, 0.25) is 4.80 Å². The lowest BCUT2D eigenvalue weighted by Gasteiger charge is -2.11. The fourth-order valence-electron chi connectivity index (χ4n) is 2.64. The third-order valence-corrected chi connectivity index (χ3v) is 4.97. The van der Waals surface area contributed by atoms with Crippen molar-refractivity contribution in [1.82, 2.24) is 4.68 Å². The highest BCUT2D eigenvalue weighted by molar-refractivity contribution is 7.07. The monoisotopic (exact) mass is 429 g/mol. The molecule has 1 aromatic heterocycles. The molecule has 8 heteroatoms. The summed E-state index contributed by atoms with van der Waals surface area (Å²) in [5.74, 6) is -0.546. The molecule has 0 saturated heterocycles. The number of rotatable bonds is 7. The SMILES string of the molecule is C=C(C)CN=c1scc(-c2cc(OC)ccc2OC)n1N=Cc1ccc(F)c(F)c1. The summed E-state index contributed by atoms with van der Waals surface area (Å²) in [6, 6.07) is 9.05. The molecule has 30 heavy (non-hydrogen) atoms. The van der Waals surface area contributed by atoms with Gasteiger partial charge >= 0.3 is 0 Å². The van der Waals surface area contributed by atoms with E-state index < -0.39 is 11.6 Å². The first-order chi connectivity index (χ1) is 14.4. The van der Waals surface area contributed by atoms with Crippen LogP contribution < -0.4 is 14.3 Å². The van der Waals surface area contributed by atoms with Gasteiger partial charge in [0.1, 0.15) is 11.5 Å². The molecule has 0 saturated carbocycles. The van der Waals surface area contributed by atoms with Gasteiger partial charge in [-0.3, -0.25) is 4.99 Å². The second-order valence-corrected chi connectivity index (χ2v) is 7.31. The molecule has 156 valence electrons. The van der Waals surface area contributed by atoms with Crippen molar-refractivity contribution >= 4 is 17.6 Å². The van der Waals surface area contributed by atoms with E-state index in [2.05, 4.69) is 16.7 Å². The van der Waals surface area contributed by atoms with Crippen LogP contribution in [0.2, 0.25) is 0 Å². The van der Waals surface area contributed by atoms with E-state index in [4.69, 9.17) is 9.47 Å². The Kier molecular flexibility index (Phi) is 6.79. The first kappa shape index (κ1) is 21.4. The Balaban J connectivity index is 2.15. The van der Waals surface area contributed by atoms with E-state index in [1.165, 1.54) is 23.6 Å². The molecule has 0 aliphatic carbocycles. The molecule has 0 atom stereocenters. The van der Waals surface area contributed by atoms with Crippen molar-refractivity contribution in [3.8, 4) is 22.8 Å². The summed E-state index contributed by atoms with van der Waals surface area (Å²) in [6.07, 6.45) is 1.45. The van der Waals surface area contributed by atoms with Gasteiger partial charge in [-0.15, -0.1) is 11.3 Å². The molecule has 0 spiro atoms. The van der Waals surface area contributed by atoms with Crippen LogP contribution in [0.1, 0.15) is 12.5 Å². The lowest BCUT2D eigenvalue weighted by atomic mass is 10.1. The Morgan fingerprint density at radius 3 is 2.60 bits per heavy atom. The number of aromatic nitrogens is 1. The van der Waals surface area contributed by atoms with E-state index in [0.29, 0.717) is 28.4 Å². The largest absolute Gasteiger partial charge is 0.497 e. The summed E-state index contributed by atoms with van der Waals surface area (Å²) in [6.45, 7) is 6.20. The van der Waals surface area contributed by atoms with Gasteiger partial charge < -0.3 is 9.47 Å². The Labute approximate surface area is 177 Å². The Morgan fingerprint density at radius 1 is 1.13 bits per heavy atom. The third kappa shape index (κ3) is 4.83. The van der Waals surface area contributed by atoms with Crippen LogP contribution in [0.15, 0.2) is 64.0 Å². The summed E-state index contributed by atoms with van der Waals surface area (Å²) in [5, 5.41) is 6.39. The summed E-state index contributed by atoms with van der Waals surface area (Å²) < 4.78 is 39.3. The van der Waals surface area contributed by atoms with E-state index in [9.17, 15) is 8.78 Å². The second-order valence-electron chi connectivity index (χ2n) is 6.47. The van der Waals surface area contributed by atoms with E-state index in [1.807, 2.05) is 18.4 Å². The van der Waals surface area contributed by atoms with Gasteiger partial charge in [-0.2, -0.15) is 5.10 Å². The maximum Gasteiger partial charge on any atom is 0.206 e. The summed E-state index contributed by atoms with van der Waals surface area (Å²) in [4.78, 5) is 5.18. The van der Waals surface area contributed by atoms with Crippen LogP contribution >= 0.6 is 11.3 Å². The zero-order valence-electron chi connectivity index (χ0n) is 16.9. The molecule has 5 nitrogen and oxygen atoms in total. The lowest BCUT2D eigenvalue weighted by molar-refractivity contribution is 0.404. The van der Waals surface area contributed by atoms with Crippen LogP contribution in [0, 0.1) is 11.6 Å². The van der Waals surface area contributed by atoms with Gasteiger partial charge in [-0.25, -0.2) is 13.5 Å². The van der Waals surface area contributed by atoms with Gasteiger partial charge in [-0.1, -0.05) is 18.2 Å². The molecule has 0 unspecified atom stereocenters. The van der Waals surface area contributed by atoms with Crippen molar-refractivity contribution in [1.29, 1.82) is 0 Å². The number of halogens is 2. The van der Waals surface area contributed by atoms with Crippen molar-refractivity contribution in [2.24, 2.45) is 10.1 Å². The molecule has 0 radical (unpaired) electrons. The first-order valence-electron chi connectivity index (χ1n) is 9.00. The number of hydrogen-bond acceptors (Lipinski definition) is 5. The number of methoxy groups -OCH3 is 2. The first-order valence-corrected chi connectivity index (χ1v) is 9.88. The van der Waals surface area contributed by atoms with E-state index in [-0.39, 0.29) is 0 Å². The number of hydrogen-bond donors (Lipinski definition) is 0. The quantitative estimate of drug-likeness (QED) is 0.397. The molecular weight excluding hydrogens is 408 g/mol. The highest BCUT2D eigenvalue weighted by Crippen LogP contribution is 2.33. The van der Waals surface area contributed by atoms with Crippen molar-refractivity contribution in [3.05, 3.63) is 75.9 Å². The minimum absolute atomic E-state index is 0.419. The molecular formula is C22H21F2N3O2S. The van der Waals surface area contributed by atoms with Crippen molar-refractivity contribution < 1.29 is 18.3 Å². The van der Waals surface area contributed by atoms with E-state index in [0.717, 1.165) is 29.0 Å². The van der Waals surface area contributed by atoms with E-state index in [1.54, 1.807) is 31.0 Å². The number of thiazole rings is 1. The molecule has 0 aliphatic heterocycles. The smallest absolute Gasteiger partial charge is 0.206 e. The molecule has 3 aromatic rings. The van der Waals surface area contributed by atoms with Crippen molar-refractivity contribution in [3.63, 3.8) is 0 Å². The highest BCUT2D eigenvalue weighted by atomic mass is 32.1. The lowest BCUT2D eigenvalue weighted by Crippen LogP contribution is -2.13. The van der Waals surface area contributed by atoms with Gasteiger partial charge in [0.25, 0.3) is 0 Å². The van der Waals surface area contributed by atoms with Gasteiger partial charge in [0.15, 0.2) is 11.6 Å². The minimum atomic E-state index is -0.934. The Bertz CT molecular complexity index is 1170. The average molecular weight is 429 g/mol. The van der Waals surface area contributed by atoms with Crippen LogP contribution in [0.4, 0.5) is 8.78 Å². The molecule has 1 heterocycles. The standard InChI is InChI=1S/C22H21F2N3O2S/c1-14(2)11-25-22-27(26-12-15-5-7-18(23)19(24)9-15)20(13-30-22)17-10-16(28-3)6-8-21(17)29-4/h5-10,12-13H,1,11H2,2-4H3. The topological polar surface area (TPSA) is 48.1 Å². The van der Waals surface area contributed by atoms with E-state index >= 15 is 0 Å². The maximum absolute atomic E-state index is 13.6. The normalized spacial score (nSPS) is 11.8. The number of benzene rings is 2. The molecule has 0 fully saturated rings. The molecule has 0 N–H and O–H groups in total. The van der Waals surface area contributed by atoms with Crippen LogP contribution in [-0.2, 0) is 0 Å². The van der Waals surface area contributed by atoms with Crippen LogP contribution in [0.25, 0.3) is 11.3 Å². The molecule has 3 rings (SSSR count). The molecule has 0 aliphatic rings. The predicted octanol–water partition coefficient (Wildman–Crippen LogP) is 4.87. The zero-order valence-corrected chi connectivity index (χ0v) is 17.7. The van der Waals surface area contributed by atoms with Crippen molar-refractivity contribution in [2.45, 2.75) is 6.92 Å². The highest BCUT2D eigenvalue weighted by Gasteiger charge is 2.14. The molecule has 2 aromatic carbocycles. The summed E-state index contributed by atoms with van der Waals surface area (Å²) >= 11 is 1.40. The molecule has 0 bridgehead atoms. The Morgan fingerprint density at radius 2 is 1.93 bits per heavy atom. The number of nitrogens with zero attached hydrogens (tertiary/aromatic N) is 3. The third-order valence-electron chi connectivity index (χ3n) is 4.12.